The molecule has 3 aromatic rings. The predicted octanol–water partition coefficient (Wildman–Crippen LogP) is 9.86. The van der Waals surface area contributed by atoms with Crippen LogP contribution in [0.2, 0.25) is 0 Å². The normalized spacial score (nSPS) is 16.2. The van der Waals surface area contributed by atoms with Gasteiger partial charge in [-0.2, -0.15) is 0 Å². The van der Waals surface area contributed by atoms with Crippen LogP contribution in [0, 0.1) is 12.8 Å². The molecule has 2 aliphatic rings. The number of aryl methyl sites for hydroxylation is 1. The van der Waals surface area contributed by atoms with Crippen LogP contribution >= 0.6 is 0 Å². The van der Waals surface area contributed by atoms with Gasteiger partial charge in [0, 0.05) is 22.1 Å². The summed E-state index contributed by atoms with van der Waals surface area (Å²) in [6.07, 6.45) is 12.5. The maximum Gasteiger partial charge on any atom is 0.210 e. The number of nitrogens with zero attached hydrogens (tertiary/aromatic N) is 1. The quantitative estimate of drug-likeness (QED) is 0.103. The fraction of sp³-hybridized carbons (Fsp3) is 0.447. The molecule has 3 aromatic carbocycles. The average molecular weight is 564 g/mol. The number of hydrogen-bond donors (Lipinski definition) is 1. The summed E-state index contributed by atoms with van der Waals surface area (Å²) in [5.74, 6) is 0.288. The van der Waals surface area contributed by atoms with E-state index >= 15 is 0 Å². The number of unbranched alkanes of at least 4 members (excludes halogenated alkanes) is 2. The number of fused-ring (bicyclic) bond motifs is 3. The second kappa shape index (κ2) is 13.2. The smallest absolute Gasteiger partial charge is 0.210 e. The van der Waals surface area contributed by atoms with Crippen molar-refractivity contribution in [1.82, 2.24) is 0 Å². The van der Waals surface area contributed by atoms with Crippen molar-refractivity contribution < 1.29 is 14.8 Å². The molecular weight excluding hydrogens is 518 g/mol. The standard InChI is InChI=1S/C38H45NO3/c1-4-6-21-38(22-7-5-2)33-24-28(36(40)30-16-12-11-13-26(30)3)17-19-31(33)32-20-18-29(25-34(32)38)37(41)35(39-42)23-27-14-9-8-10-15-27/h11-13,16-20,24-25,27,42H,4-10,14-15,21-23H2,1-3H3. The van der Waals surface area contributed by atoms with Crippen molar-refractivity contribution in [2.45, 2.75) is 103 Å². The number of oxime groups is 1. The molecule has 4 heteroatoms. The molecule has 0 radical (unpaired) electrons. The van der Waals surface area contributed by atoms with Crippen molar-refractivity contribution in [2.24, 2.45) is 11.1 Å². The van der Waals surface area contributed by atoms with Gasteiger partial charge in [-0.25, -0.2) is 0 Å². The van der Waals surface area contributed by atoms with Gasteiger partial charge in [-0.3, -0.25) is 9.59 Å². The van der Waals surface area contributed by atoms with Crippen molar-refractivity contribution in [2.75, 3.05) is 0 Å². The van der Waals surface area contributed by atoms with Gasteiger partial charge >= 0.3 is 0 Å². The maximum absolute atomic E-state index is 13.8. The summed E-state index contributed by atoms with van der Waals surface area (Å²) in [7, 11) is 0. The molecular formula is C38H45NO3. The number of benzene rings is 3. The fourth-order valence-electron chi connectivity index (χ4n) is 7.39. The summed E-state index contributed by atoms with van der Waals surface area (Å²) in [6.45, 7) is 6.43. The molecule has 0 unspecified atom stereocenters. The number of rotatable bonds is 12. The van der Waals surface area contributed by atoms with Crippen LogP contribution in [0.25, 0.3) is 11.1 Å². The number of carbonyl (C=O) groups is 2. The van der Waals surface area contributed by atoms with Gasteiger partial charge < -0.3 is 5.21 Å². The Balaban J connectivity index is 1.58. The molecule has 1 fully saturated rings. The van der Waals surface area contributed by atoms with Gasteiger partial charge in [-0.1, -0.05) is 125 Å². The summed E-state index contributed by atoms with van der Waals surface area (Å²) in [4.78, 5) is 27.5. The first-order valence-corrected chi connectivity index (χ1v) is 16.1. The highest BCUT2D eigenvalue weighted by Gasteiger charge is 2.43. The van der Waals surface area contributed by atoms with E-state index in [1.165, 1.54) is 30.4 Å². The van der Waals surface area contributed by atoms with Gasteiger partial charge in [0.2, 0.25) is 5.78 Å². The second-order valence-corrected chi connectivity index (χ2v) is 12.5. The summed E-state index contributed by atoms with van der Waals surface area (Å²) >= 11 is 0. The highest BCUT2D eigenvalue weighted by molar-refractivity contribution is 6.46. The van der Waals surface area contributed by atoms with Gasteiger partial charge in [-0.15, -0.1) is 0 Å². The van der Waals surface area contributed by atoms with E-state index in [0.717, 1.165) is 73.6 Å². The Morgan fingerprint density at radius 1 is 0.833 bits per heavy atom. The zero-order valence-corrected chi connectivity index (χ0v) is 25.5. The minimum absolute atomic E-state index is 0.0501. The third-order valence-electron chi connectivity index (χ3n) is 9.78. The Morgan fingerprint density at radius 3 is 2.02 bits per heavy atom. The van der Waals surface area contributed by atoms with Crippen molar-refractivity contribution in [3.8, 4) is 11.1 Å². The zero-order valence-electron chi connectivity index (χ0n) is 25.5. The average Bonchev–Trinajstić information content (AvgIpc) is 3.30. The molecule has 1 saturated carbocycles. The first-order valence-electron chi connectivity index (χ1n) is 16.1. The lowest BCUT2D eigenvalue weighted by Crippen LogP contribution is -2.27. The van der Waals surface area contributed by atoms with Crippen LogP contribution in [0.5, 0.6) is 0 Å². The minimum atomic E-state index is -0.269. The molecule has 0 heterocycles. The van der Waals surface area contributed by atoms with Gasteiger partial charge in [0.1, 0.15) is 5.71 Å². The predicted molar refractivity (Wildman–Crippen MR) is 171 cm³/mol. The van der Waals surface area contributed by atoms with E-state index in [9.17, 15) is 14.8 Å². The van der Waals surface area contributed by atoms with Crippen molar-refractivity contribution in [1.29, 1.82) is 0 Å². The monoisotopic (exact) mass is 563 g/mol. The first-order chi connectivity index (χ1) is 20.4. The molecule has 1 N–H and O–H groups in total. The van der Waals surface area contributed by atoms with E-state index in [-0.39, 0.29) is 22.7 Å². The fourth-order valence-corrected chi connectivity index (χ4v) is 7.39. The number of ketones is 2. The van der Waals surface area contributed by atoms with Gasteiger partial charge in [0.25, 0.3) is 0 Å². The van der Waals surface area contributed by atoms with Gasteiger partial charge in [-0.05, 0) is 72.1 Å². The third kappa shape index (κ3) is 5.73. The first kappa shape index (κ1) is 29.9. The number of hydrogen-bond acceptors (Lipinski definition) is 4. The van der Waals surface area contributed by atoms with E-state index in [1.54, 1.807) is 0 Å². The molecule has 0 spiro atoms. The second-order valence-electron chi connectivity index (χ2n) is 12.5. The largest absolute Gasteiger partial charge is 0.411 e. The van der Waals surface area contributed by atoms with Crippen LogP contribution in [-0.2, 0) is 5.41 Å². The van der Waals surface area contributed by atoms with Crippen LogP contribution in [0.4, 0.5) is 0 Å². The molecule has 42 heavy (non-hydrogen) atoms. The zero-order chi connectivity index (χ0) is 29.7. The van der Waals surface area contributed by atoms with Crippen LogP contribution in [-0.4, -0.2) is 22.5 Å². The SMILES string of the molecule is CCCCC1(CCCC)c2cc(C(=O)C(CC3CCCCC3)=NO)ccc2-c2ccc(C(=O)c3ccccc3C)cc21. The summed E-state index contributed by atoms with van der Waals surface area (Å²) in [5.41, 5.74) is 7.74. The number of Topliss-reactive ketones (excluding diaryl/α,β-unsaturated/α-hetero) is 1. The Morgan fingerprint density at radius 2 is 1.43 bits per heavy atom. The molecule has 4 nitrogen and oxygen atoms in total. The molecule has 5 rings (SSSR count). The number of carbonyl (C=O) groups excluding carboxylic acids is 2. The lowest BCUT2D eigenvalue weighted by Gasteiger charge is -2.33. The van der Waals surface area contributed by atoms with Gasteiger partial charge in [0.05, 0.1) is 0 Å². The van der Waals surface area contributed by atoms with Crippen molar-refractivity contribution >= 4 is 17.3 Å². The Labute approximate surface area is 251 Å². The third-order valence-corrected chi connectivity index (χ3v) is 9.78. The van der Waals surface area contributed by atoms with Crippen LogP contribution < -0.4 is 0 Å². The summed E-state index contributed by atoms with van der Waals surface area (Å²) in [5, 5.41) is 13.4. The van der Waals surface area contributed by atoms with Crippen molar-refractivity contribution in [3.05, 3.63) is 94.0 Å². The molecule has 0 saturated heterocycles. The molecule has 0 atom stereocenters. The van der Waals surface area contributed by atoms with Crippen LogP contribution in [0.1, 0.15) is 134 Å². The van der Waals surface area contributed by atoms with Crippen LogP contribution in [0.3, 0.4) is 0 Å². The van der Waals surface area contributed by atoms with E-state index in [2.05, 4.69) is 43.3 Å². The highest BCUT2D eigenvalue weighted by Crippen LogP contribution is 2.54. The van der Waals surface area contributed by atoms with E-state index < -0.39 is 0 Å². The molecule has 0 aliphatic heterocycles. The van der Waals surface area contributed by atoms with Crippen LogP contribution in [0.15, 0.2) is 65.8 Å². The lowest BCUT2D eigenvalue weighted by molar-refractivity contribution is 0.103. The Hall–Kier alpha value is -3.53. The highest BCUT2D eigenvalue weighted by atomic mass is 16.4. The van der Waals surface area contributed by atoms with Crippen molar-refractivity contribution in [3.63, 3.8) is 0 Å². The molecule has 0 bridgehead atoms. The minimum Gasteiger partial charge on any atom is -0.411 e. The molecule has 0 aromatic heterocycles. The molecule has 2 aliphatic carbocycles. The Bertz CT molecular complexity index is 1470. The van der Waals surface area contributed by atoms with E-state index in [0.29, 0.717) is 23.5 Å². The van der Waals surface area contributed by atoms with Gasteiger partial charge in [0.15, 0.2) is 5.78 Å². The topological polar surface area (TPSA) is 66.7 Å². The van der Waals surface area contributed by atoms with E-state index in [1.807, 2.05) is 43.3 Å². The maximum atomic E-state index is 13.8. The van der Waals surface area contributed by atoms with E-state index in [4.69, 9.17) is 0 Å². The Kier molecular flexibility index (Phi) is 9.40. The molecule has 220 valence electrons. The summed E-state index contributed by atoms with van der Waals surface area (Å²) < 4.78 is 0. The summed E-state index contributed by atoms with van der Waals surface area (Å²) in [6, 6.07) is 20.1. The lowest BCUT2D eigenvalue weighted by atomic mass is 9.70. The molecule has 0 amide bonds.